The summed E-state index contributed by atoms with van der Waals surface area (Å²) in [7, 11) is 0. The predicted molar refractivity (Wildman–Crippen MR) is 105 cm³/mol. The van der Waals surface area contributed by atoms with E-state index >= 15 is 0 Å². The van der Waals surface area contributed by atoms with Crippen LogP contribution < -0.4 is 5.32 Å². The fraction of sp³-hybridized carbons (Fsp3) is 0.381. The summed E-state index contributed by atoms with van der Waals surface area (Å²) in [5.74, 6) is -1.21. The van der Waals surface area contributed by atoms with Gasteiger partial charge in [-0.05, 0) is 43.2 Å². The van der Waals surface area contributed by atoms with Crippen LogP contribution in [0.25, 0.3) is 0 Å². The number of carbonyl (C=O) groups is 2. The van der Waals surface area contributed by atoms with Gasteiger partial charge in [0.15, 0.2) is 6.61 Å². The van der Waals surface area contributed by atoms with Crippen molar-refractivity contribution >= 4 is 28.2 Å². The highest BCUT2D eigenvalue weighted by Crippen LogP contribution is 2.37. The van der Waals surface area contributed by atoms with E-state index in [4.69, 9.17) is 4.74 Å². The summed E-state index contributed by atoms with van der Waals surface area (Å²) >= 11 is 1.46. The van der Waals surface area contributed by atoms with E-state index in [2.05, 4.69) is 11.4 Å². The summed E-state index contributed by atoms with van der Waals surface area (Å²) in [5, 5.41) is 12.8. The SMILES string of the molecule is CC[C@@H](C(=O)OCC(=O)Nc1sc2c(c1C#N)CCCC2)c1ccccc1. The first-order valence-corrected chi connectivity index (χ1v) is 10.0. The van der Waals surface area contributed by atoms with Crippen LogP contribution in [0.5, 0.6) is 0 Å². The third-order valence-corrected chi connectivity index (χ3v) is 5.98. The van der Waals surface area contributed by atoms with E-state index in [1.165, 1.54) is 16.2 Å². The molecule has 0 fully saturated rings. The molecule has 3 rings (SSSR count). The number of benzene rings is 1. The number of carbonyl (C=O) groups excluding carboxylic acids is 2. The van der Waals surface area contributed by atoms with Gasteiger partial charge in [0.05, 0.1) is 11.5 Å². The third kappa shape index (κ3) is 4.37. The second-order valence-corrected chi connectivity index (χ2v) is 7.66. The molecule has 1 aromatic carbocycles. The number of thiophene rings is 1. The number of anilines is 1. The first kappa shape index (κ1) is 19.1. The van der Waals surface area contributed by atoms with Gasteiger partial charge in [-0.25, -0.2) is 0 Å². The Hall–Kier alpha value is -2.65. The topological polar surface area (TPSA) is 79.2 Å². The number of esters is 1. The highest BCUT2D eigenvalue weighted by Gasteiger charge is 2.23. The molecule has 5 nitrogen and oxygen atoms in total. The van der Waals surface area contributed by atoms with Crippen LogP contribution in [0, 0.1) is 11.3 Å². The average Bonchev–Trinajstić information content (AvgIpc) is 3.04. The lowest BCUT2D eigenvalue weighted by molar-refractivity contribution is -0.149. The van der Waals surface area contributed by atoms with Gasteiger partial charge in [0.25, 0.3) is 5.91 Å². The lowest BCUT2D eigenvalue weighted by Crippen LogP contribution is -2.23. The summed E-state index contributed by atoms with van der Waals surface area (Å²) in [6.07, 6.45) is 4.62. The fourth-order valence-corrected chi connectivity index (χ4v) is 4.65. The van der Waals surface area contributed by atoms with E-state index in [1.807, 2.05) is 37.3 Å². The minimum atomic E-state index is -0.415. The highest BCUT2D eigenvalue weighted by atomic mass is 32.1. The van der Waals surface area contributed by atoms with Crippen molar-refractivity contribution in [3.05, 3.63) is 51.9 Å². The van der Waals surface area contributed by atoms with Crippen molar-refractivity contribution in [1.29, 1.82) is 5.26 Å². The first-order chi connectivity index (χ1) is 13.1. The van der Waals surface area contributed by atoms with E-state index in [0.717, 1.165) is 36.8 Å². The molecular formula is C21H22N2O3S. The van der Waals surface area contributed by atoms with Crippen LogP contribution in [0.2, 0.25) is 0 Å². The van der Waals surface area contributed by atoms with Crippen molar-refractivity contribution < 1.29 is 14.3 Å². The van der Waals surface area contributed by atoms with E-state index in [0.29, 0.717) is 17.0 Å². The Bertz CT molecular complexity index is 868. The largest absolute Gasteiger partial charge is 0.455 e. The third-order valence-electron chi connectivity index (χ3n) is 4.78. The van der Waals surface area contributed by atoms with E-state index in [-0.39, 0.29) is 12.5 Å². The molecule has 1 amide bonds. The van der Waals surface area contributed by atoms with Gasteiger partial charge >= 0.3 is 5.97 Å². The zero-order chi connectivity index (χ0) is 19.2. The average molecular weight is 382 g/mol. The second-order valence-electron chi connectivity index (χ2n) is 6.55. The number of rotatable bonds is 6. The van der Waals surface area contributed by atoms with E-state index in [1.54, 1.807) is 0 Å². The molecule has 2 aromatic rings. The van der Waals surface area contributed by atoms with Crippen molar-refractivity contribution in [2.24, 2.45) is 0 Å². The Morgan fingerprint density at radius 1 is 1.26 bits per heavy atom. The smallest absolute Gasteiger partial charge is 0.313 e. The molecule has 0 radical (unpaired) electrons. The van der Waals surface area contributed by atoms with Crippen molar-refractivity contribution in [3.8, 4) is 6.07 Å². The van der Waals surface area contributed by atoms with Gasteiger partial charge in [0.2, 0.25) is 0 Å². The zero-order valence-electron chi connectivity index (χ0n) is 15.3. The van der Waals surface area contributed by atoms with Gasteiger partial charge in [-0.15, -0.1) is 11.3 Å². The minimum Gasteiger partial charge on any atom is -0.455 e. The molecule has 1 aromatic heterocycles. The summed E-state index contributed by atoms with van der Waals surface area (Å²) in [5.41, 5.74) is 2.50. The van der Waals surface area contributed by atoms with Gasteiger partial charge in [0.1, 0.15) is 11.1 Å². The number of fused-ring (bicyclic) bond motifs is 1. The minimum absolute atomic E-state index is 0.352. The number of hydrogen-bond donors (Lipinski definition) is 1. The van der Waals surface area contributed by atoms with Gasteiger partial charge in [-0.2, -0.15) is 5.26 Å². The molecular weight excluding hydrogens is 360 g/mol. The van der Waals surface area contributed by atoms with Crippen LogP contribution in [0.15, 0.2) is 30.3 Å². The molecule has 0 bridgehead atoms. The molecule has 1 heterocycles. The Labute approximate surface area is 163 Å². The Kier molecular flexibility index (Phi) is 6.25. The number of hydrogen-bond acceptors (Lipinski definition) is 5. The van der Waals surface area contributed by atoms with Crippen molar-refractivity contribution in [2.75, 3.05) is 11.9 Å². The molecule has 27 heavy (non-hydrogen) atoms. The lowest BCUT2D eigenvalue weighted by atomic mass is 9.96. The van der Waals surface area contributed by atoms with E-state index < -0.39 is 11.9 Å². The maximum atomic E-state index is 12.4. The first-order valence-electron chi connectivity index (χ1n) is 9.20. The molecule has 140 valence electrons. The normalized spacial score (nSPS) is 13.9. The van der Waals surface area contributed by atoms with Crippen molar-refractivity contribution in [1.82, 2.24) is 0 Å². The van der Waals surface area contributed by atoms with Gasteiger partial charge in [0, 0.05) is 4.88 Å². The van der Waals surface area contributed by atoms with E-state index in [9.17, 15) is 14.9 Å². The number of aryl methyl sites for hydroxylation is 1. The summed E-state index contributed by atoms with van der Waals surface area (Å²) < 4.78 is 5.23. The van der Waals surface area contributed by atoms with Gasteiger partial charge < -0.3 is 10.1 Å². The molecule has 0 aliphatic heterocycles. The van der Waals surface area contributed by atoms with Crippen LogP contribution in [0.4, 0.5) is 5.00 Å². The maximum Gasteiger partial charge on any atom is 0.313 e. The predicted octanol–water partition coefficient (Wildman–Crippen LogP) is 4.17. The van der Waals surface area contributed by atoms with Crippen molar-refractivity contribution in [3.63, 3.8) is 0 Å². The van der Waals surface area contributed by atoms with Crippen LogP contribution in [0.1, 0.15) is 53.7 Å². The van der Waals surface area contributed by atoms with Gasteiger partial charge in [-0.1, -0.05) is 37.3 Å². The molecule has 0 saturated carbocycles. The number of nitriles is 1. The summed E-state index contributed by atoms with van der Waals surface area (Å²) in [4.78, 5) is 25.8. The maximum absolute atomic E-state index is 12.4. The molecule has 1 atom stereocenters. The number of amides is 1. The zero-order valence-corrected chi connectivity index (χ0v) is 16.1. The standard InChI is InChI=1S/C21H22N2O3S/c1-2-15(14-8-4-3-5-9-14)21(25)26-13-19(24)23-20-17(12-22)16-10-6-7-11-18(16)27-20/h3-5,8-9,15H,2,6-7,10-11,13H2,1H3,(H,23,24)/t15-/m1/s1. The summed E-state index contributed by atoms with van der Waals surface area (Å²) in [6, 6.07) is 11.6. The quantitative estimate of drug-likeness (QED) is 0.760. The Balaban J connectivity index is 1.61. The molecule has 1 N–H and O–H groups in total. The van der Waals surface area contributed by atoms with Gasteiger partial charge in [-0.3, -0.25) is 9.59 Å². The monoisotopic (exact) mass is 382 g/mol. The van der Waals surface area contributed by atoms with Crippen LogP contribution in [0.3, 0.4) is 0 Å². The Morgan fingerprint density at radius 3 is 2.70 bits per heavy atom. The van der Waals surface area contributed by atoms with Crippen LogP contribution in [-0.4, -0.2) is 18.5 Å². The number of nitrogens with one attached hydrogen (secondary N) is 1. The molecule has 1 aliphatic carbocycles. The van der Waals surface area contributed by atoms with Crippen LogP contribution in [-0.2, 0) is 27.2 Å². The molecule has 1 aliphatic rings. The second kappa shape index (κ2) is 8.83. The lowest BCUT2D eigenvalue weighted by Gasteiger charge is -2.14. The van der Waals surface area contributed by atoms with Crippen molar-refractivity contribution in [2.45, 2.75) is 44.9 Å². The molecule has 6 heteroatoms. The summed E-state index contributed by atoms with van der Waals surface area (Å²) in [6.45, 7) is 1.56. The molecule has 0 spiro atoms. The Morgan fingerprint density at radius 2 is 2.00 bits per heavy atom. The fourth-order valence-electron chi connectivity index (χ4n) is 3.40. The number of ether oxygens (including phenoxy) is 1. The molecule has 0 unspecified atom stereocenters. The highest BCUT2D eigenvalue weighted by molar-refractivity contribution is 7.16. The van der Waals surface area contributed by atoms with Crippen LogP contribution >= 0.6 is 11.3 Å². The molecule has 0 saturated heterocycles. The number of nitrogens with zero attached hydrogens (tertiary/aromatic N) is 1.